The molecule has 6 heteroatoms. The molecule has 0 bridgehead atoms. The lowest BCUT2D eigenvalue weighted by Gasteiger charge is -2.30. The van der Waals surface area contributed by atoms with E-state index in [-0.39, 0.29) is 4.90 Å². The van der Waals surface area contributed by atoms with Crippen molar-refractivity contribution in [3.63, 3.8) is 0 Å². The van der Waals surface area contributed by atoms with Gasteiger partial charge >= 0.3 is 5.97 Å². The van der Waals surface area contributed by atoms with E-state index < -0.39 is 27.3 Å². The van der Waals surface area contributed by atoms with Crippen LogP contribution < -0.4 is 5.73 Å². The molecular weight excluding hydrogens is 254 g/mol. The average molecular weight is 271 g/mol. The van der Waals surface area contributed by atoms with E-state index in [1.807, 2.05) is 0 Å². The number of carbonyl (C=O) groups is 1. The fourth-order valence-corrected chi connectivity index (χ4v) is 2.85. The van der Waals surface area contributed by atoms with Gasteiger partial charge in [-0.3, -0.25) is 4.79 Å². The Morgan fingerprint density at radius 2 is 1.83 bits per heavy atom. The molecule has 1 aromatic rings. The van der Waals surface area contributed by atoms with Gasteiger partial charge in [-0.25, -0.2) is 8.42 Å². The van der Waals surface area contributed by atoms with Gasteiger partial charge in [0.2, 0.25) is 0 Å². The third kappa shape index (κ3) is 2.70. The molecule has 0 amide bonds. The molecule has 0 aliphatic rings. The lowest BCUT2D eigenvalue weighted by atomic mass is 9.78. The van der Waals surface area contributed by atoms with Gasteiger partial charge in [0.25, 0.3) is 0 Å². The third-order valence-electron chi connectivity index (χ3n) is 3.02. The first-order valence-corrected chi connectivity index (χ1v) is 7.25. The molecule has 0 saturated heterocycles. The predicted octanol–water partition coefficient (Wildman–Crippen LogP) is 0.780. The van der Waals surface area contributed by atoms with Gasteiger partial charge in [-0.1, -0.05) is 32.0 Å². The Morgan fingerprint density at radius 3 is 2.28 bits per heavy atom. The Hall–Kier alpha value is -1.40. The largest absolute Gasteiger partial charge is 0.480 e. The quantitative estimate of drug-likeness (QED) is 0.843. The SMILES string of the molecule is CC(C)(c1ccccc1S(C)(=O)=O)C(N)C(=O)O. The van der Waals surface area contributed by atoms with Crippen LogP contribution in [0, 0.1) is 0 Å². The van der Waals surface area contributed by atoms with Crippen LogP contribution in [-0.4, -0.2) is 31.8 Å². The van der Waals surface area contributed by atoms with E-state index in [9.17, 15) is 13.2 Å². The van der Waals surface area contributed by atoms with Crippen molar-refractivity contribution in [1.82, 2.24) is 0 Å². The van der Waals surface area contributed by atoms with Crippen LogP contribution in [-0.2, 0) is 20.0 Å². The van der Waals surface area contributed by atoms with Crippen LogP contribution in [0.4, 0.5) is 0 Å². The molecular formula is C12H17NO4S. The zero-order valence-electron chi connectivity index (χ0n) is 10.5. The Balaban J connectivity index is 3.47. The third-order valence-corrected chi connectivity index (χ3v) is 4.18. The summed E-state index contributed by atoms with van der Waals surface area (Å²) < 4.78 is 23.4. The van der Waals surface area contributed by atoms with Crippen molar-refractivity contribution in [3.05, 3.63) is 29.8 Å². The minimum absolute atomic E-state index is 0.117. The van der Waals surface area contributed by atoms with Crippen molar-refractivity contribution in [2.75, 3.05) is 6.26 Å². The first kappa shape index (κ1) is 14.7. The summed E-state index contributed by atoms with van der Waals surface area (Å²) >= 11 is 0. The molecule has 100 valence electrons. The molecule has 18 heavy (non-hydrogen) atoms. The number of carboxylic acids is 1. The molecule has 0 aliphatic carbocycles. The van der Waals surface area contributed by atoms with Crippen molar-refractivity contribution in [3.8, 4) is 0 Å². The maximum atomic E-state index is 11.7. The second-order valence-electron chi connectivity index (χ2n) is 4.81. The average Bonchev–Trinajstić information content (AvgIpc) is 2.26. The molecule has 0 saturated carbocycles. The van der Waals surface area contributed by atoms with Gasteiger partial charge in [0.15, 0.2) is 9.84 Å². The number of benzene rings is 1. The summed E-state index contributed by atoms with van der Waals surface area (Å²) in [6.45, 7) is 3.24. The highest BCUT2D eigenvalue weighted by Gasteiger charge is 2.36. The predicted molar refractivity (Wildman–Crippen MR) is 68.2 cm³/mol. The molecule has 3 N–H and O–H groups in total. The second-order valence-corrected chi connectivity index (χ2v) is 6.79. The van der Waals surface area contributed by atoms with E-state index in [2.05, 4.69) is 0 Å². The van der Waals surface area contributed by atoms with Gasteiger partial charge in [-0.15, -0.1) is 0 Å². The van der Waals surface area contributed by atoms with Crippen molar-refractivity contribution in [2.45, 2.75) is 30.2 Å². The molecule has 0 aliphatic heterocycles. The van der Waals surface area contributed by atoms with Crippen LogP contribution in [0.5, 0.6) is 0 Å². The number of sulfone groups is 1. The summed E-state index contributed by atoms with van der Waals surface area (Å²) in [6.07, 6.45) is 1.09. The monoisotopic (exact) mass is 271 g/mol. The van der Waals surface area contributed by atoms with E-state index >= 15 is 0 Å². The minimum atomic E-state index is -3.42. The molecule has 0 spiro atoms. The topological polar surface area (TPSA) is 97.5 Å². The van der Waals surface area contributed by atoms with Crippen molar-refractivity contribution >= 4 is 15.8 Å². The summed E-state index contributed by atoms with van der Waals surface area (Å²) in [5.41, 5.74) is 5.08. The molecule has 5 nitrogen and oxygen atoms in total. The van der Waals surface area contributed by atoms with Gasteiger partial charge in [0, 0.05) is 11.7 Å². The highest BCUT2D eigenvalue weighted by molar-refractivity contribution is 7.90. The number of nitrogens with two attached hydrogens (primary N) is 1. The van der Waals surface area contributed by atoms with E-state index in [0.717, 1.165) is 6.26 Å². The minimum Gasteiger partial charge on any atom is -0.480 e. The van der Waals surface area contributed by atoms with Crippen LogP contribution >= 0.6 is 0 Å². The fourth-order valence-electron chi connectivity index (χ4n) is 1.80. The summed E-state index contributed by atoms with van der Waals surface area (Å²) in [6, 6.07) is 5.14. The molecule has 1 aromatic carbocycles. The van der Waals surface area contributed by atoms with E-state index in [0.29, 0.717) is 5.56 Å². The highest BCUT2D eigenvalue weighted by Crippen LogP contribution is 2.31. The molecule has 1 unspecified atom stereocenters. The lowest BCUT2D eigenvalue weighted by molar-refractivity contribution is -0.140. The van der Waals surface area contributed by atoms with E-state index in [1.54, 1.807) is 32.0 Å². The van der Waals surface area contributed by atoms with E-state index in [4.69, 9.17) is 10.8 Å². The van der Waals surface area contributed by atoms with Crippen LogP contribution in [0.15, 0.2) is 29.2 Å². The number of carboxylic acid groups (broad SMARTS) is 1. The van der Waals surface area contributed by atoms with Crippen LogP contribution in [0.1, 0.15) is 19.4 Å². The maximum Gasteiger partial charge on any atom is 0.321 e. The Bertz CT molecular complexity index is 563. The summed E-state index contributed by atoms with van der Waals surface area (Å²) in [5.74, 6) is -1.16. The Labute approximate surface area is 107 Å². The van der Waals surface area contributed by atoms with Crippen LogP contribution in [0.2, 0.25) is 0 Å². The van der Waals surface area contributed by atoms with Gasteiger partial charge in [-0.05, 0) is 11.6 Å². The van der Waals surface area contributed by atoms with Gasteiger partial charge in [-0.2, -0.15) is 0 Å². The lowest BCUT2D eigenvalue weighted by Crippen LogP contribution is -2.47. The number of aliphatic carboxylic acids is 1. The van der Waals surface area contributed by atoms with Crippen LogP contribution in [0.25, 0.3) is 0 Å². The molecule has 1 rings (SSSR count). The van der Waals surface area contributed by atoms with Crippen LogP contribution in [0.3, 0.4) is 0 Å². The Morgan fingerprint density at radius 1 is 1.33 bits per heavy atom. The van der Waals surface area contributed by atoms with Gasteiger partial charge in [0.05, 0.1) is 4.90 Å². The molecule has 0 radical (unpaired) electrons. The van der Waals surface area contributed by atoms with Crippen molar-refractivity contribution < 1.29 is 18.3 Å². The van der Waals surface area contributed by atoms with Gasteiger partial charge < -0.3 is 10.8 Å². The van der Waals surface area contributed by atoms with Crippen molar-refractivity contribution in [2.24, 2.45) is 5.73 Å². The number of hydrogen-bond donors (Lipinski definition) is 2. The second kappa shape index (κ2) is 4.70. The molecule has 0 fully saturated rings. The smallest absolute Gasteiger partial charge is 0.321 e. The molecule has 0 aromatic heterocycles. The molecule has 1 atom stereocenters. The number of rotatable bonds is 4. The fraction of sp³-hybridized carbons (Fsp3) is 0.417. The standard InChI is InChI=1S/C12H17NO4S/c1-12(2,10(13)11(14)15)8-6-4-5-7-9(8)18(3,16)17/h4-7,10H,13H2,1-3H3,(H,14,15). The first-order valence-electron chi connectivity index (χ1n) is 5.36. The number of hydrogen-bond acceptors (Lipinski definition) is 4. The Kier molecular flexibility index (Phi) is 3.83. The summed E-state index contributed by atoms with van der Waals surface area (Å²) in [7, 11) is -3.42. The maximum absolute atomic E-state index is 11.7. The normalized spacial score (nSPS) is 14.2. The van der Waals surface area contributed by atoms with Crippen molar-refractivity contribution in [1.29, 1.82) is 0 Å². The zero-order valence-corrected chi connectivity index (χ0v) is 11.4. The molecule has 0 heterocycles. The summed E-state index contributed by atoms with van der Waals surface area (Å²) in [4.78, 5) is 11.1. The zero-order chi connectivity index (χ0) is 14.1. The highest BCUT2D eigenvalue weighted by atomic mass is 32.2. The van der Waals surface area contributed by atoms with Gasteiger partial charge in [0.1, 0.15) is 6.04 Å². The van der Waals surface area contributed by atoms with E-state index in [1.165, 1.54) is 6.07 Å². The summed E-state index contributed by atoms with van der Waals surface area (Å²) in [5, 5.41) is 9.00. The first-order chi connectivity index (χ1) is 8.08.